The lowest BCUT2D eigenvalue weighted by atomic mass is 10.1. The first-order chi connectivity index (χ1) is 14.8. The van der Waals surface area contributed by atoms with E-state index in [9.17, 15) is 29.8 Å². The average molecular weight is 422 g/mol. The number of nitrogens with zero attached hydrogens (tertiary/aromatic N) is 2. The number of amides is 2. The van der Waals surface area contributed by atoms with Gasteiger partial charge in [0.25, 0.3) is 23.2 Å². The number of carbonyl (C=O) groups excluding carboxylic acids is 2. The Labute approximate surface area is 174 Å². The van der Waals surface area contributed by atoms with Crippen molar-refractivity contribution in [1.82, 2.24) is 5.32 Å². The number of nitrogens with one attached hydrogen (secondary N) is 2. The highest BCUT2D eigenvalue weighted by Crippen LogP contribution is 2.18. The van der Waals surface area contributed by atoms with Crippen molar-refractivity contribution in [3.05, 3.63) is 104 Å². The van der Waals surface area contributed by atoms with Gasteiger partial charge in [-0.25, -0.2) is 0 Å². The molecule has 0 saturated heterocycles. The maximum atomic E-state index is 12.8. The molecule has 11 nitrogen and oxygen atoms in total. The topological polar surface area (TPSA) is 158 Å². The van der Waals surface area contributed by atoms with E-state index in [1.165, 1.54) is 73.0 Å². The Balaban J connectivity index is 1.89. The molecule has 2 aromatic carbocycles. The molecule has 2 amide bonds. The van der Waals surface area contributed by atoms with Crippen LogP contribution in [0.3, 0.4) is 0 Å². The number of nitro benzene ring substituents is 2. The molecule has 11 heteroatoms. The molecule has 0 bridgehead atoms. The first-order valence-corrected chi connectivity index (χ1v) is 8.70. The van der Waals surface area contributed by atoms with E-state index in [4.69, 9.17) is 4.42 Å². The van der Waals surface area contributed by atoms with Crippen LogP contribution in [0.1, 0.15) is 16.1 Å². The SMILES string of the molecule is O=C(Nc1ccc([N+](=O)[O-])cc1)/C(=C\c1cccc([N+](=O)[O-])c1)NC(=O)c1ccco1. The second-order valence-electron chi connectivity index (χ2n) is 6.10. The maximum Gasteiger partial charge on any atom is 0.291 e. The molecule has 1 heterocycles. The fourth-order valence-corrected chi connectivity index (χ4v) is 2.51. The van der Waals surface area contributed by atoms with Gasteiger partial charge in [-0.05, 0) is 35.9 Å². The molecule has 3 aromatic rings. The molecule has 2 N–H and O–H groups in total. The number of carbonyl (C=O) groups is 2. The van der Waals surface area contributed by atoms with Crippen LogP contribution in [0.5, 0.6) is 0 Å². The summed E-state index contributed by atoms with van der Waals surface area (Å²) < 4.78 is 5.01. The molecule has 0 aliphatic heterocycles. The quantitative estimate of drug-likeness (QED) is 0.335. The third-order valence-corrected chi connectivity index (χ3v) is 3.97. The molecular weight excluding hydrogens is 408 g/mol. The molecule has 0 spiro atoms. The highest BCUT2D eigenvalue weighted by Gasteiger charge is 2.17. The Morgan fingerprint density at radius 2 is 1.61 bits per heavy atom. The van der Waals surface area contributed by atoms with E-state index in [1.54, 1.807) is 0 Å². The number of hydrogen-bond donors (Lipinski definition) is 2. The Kier molecular flexibility index (Phi) is 6.16. The van der Waals surface area contributed by atoms with Gasteiger partial charge in [-0.3, -0.25) is 29.8 Å². The zero-order valence-corrected chi connectivity index (χ0v) is 15.7. The van der Waals surface area contributed by atoms with Crippen molar-refractivity contribution >= 4 is 35.0 Å². The molecule has 3 rings (SSSR count). The largest absolute Gasteiger partial charge is 0.459 e. The van der Waals surface area contributed by atoms with E-state index >= 15 is 0 Å². The first-order valence-electron chi connectivity index (χ1n) is 8.70. The molecule has 0 radical (unpaired) electrons. The number of nitro groups is 2. The zero-order chi connectivity index (χ0) is 22.4. The molecule has 156 valence electrons. The lowest BCUT2D eigenvalue weighted by molar-refractivity contribution is -0.385. The number of furan rings is 1. The van der Waals surface area contributed by atoms with Crippen molar-refractivity contribution in [3.8, 4) is 0 Å². The molecular formula is C20H14N4O7. The van der Waals surface area contributed by atoms with E-state index in [-0.39, 0.29) is 28.5 Å². The molecule has 31 heavy (non-hydrogen) atoms. The Hall–Kier alpha value is -4.80. The van der Waals surface area contributed by atoms with Crippen LogP contribution < -0.4 is 10.6 Å². The number of anilines is 1. The minimum absolute atomic E-state index is 0.0481. The fourth-order valence-electron chi connectivity index (χ4n) is 2.51. The predicted molar refractivity (Wildman–Crippen MR) is 109 cm³/mol. The molecule has 0 atom stereocenters. The van der Waals surface area contributed by atoms with Gasteiger partial charge in [-0.15, -0.1) is 0 Å². The second-order valence-corrected chi connectivity index (χ2v) is 6.10. The van der Waals surface area contributed by atoms with Crippen LogP contribution in [0, 0.1) is 20.2 Å². The summed E-state index contributed by atoms with van der Waals surface area (Å²) in [6.07, 6.45) is 2.55. The van der Waals surface area contributed by atoms with E-state index in [0.717, 1.165) is 0 Å². The van der Waals surface area contributed by atoms with Crippen LogP contribution in [0.2, 0.25) is 0 Å². The standard InChI is InChI=1S/C20H14N4O7/c25-19(21-14-6-8-15(9-7-14)23(27)28)17(22-20(26)18-5-2-10-31-18)12-13-3-1-4-16(11-13)24(29)30/h1-12H,(H,21,25)(H,22,26)/b17-12+. The summed E-state index contributed by atoms with van der Waals surface area (Å²) >= 11 is 0. The van der Waals surface area contributed by atoms with Gasteiger partial charge in [0.2, 0.25) is 0 Å². The molecule has 0 unspecified atom stereocenters. The van der Waals surface area contributed by atoms with E-state index in [1.807, 2.05) is 0 Å². The third kappa shape index (κ3) is 5.38. The predicted octanol–water partition coefficient (Wildman–Crippen LogP) is 3.51. The normalized spacial score (nSPS) is 10.9. The van der Waals surface area contributed by atoms with Crippen LogP contribution in [-0.2, 0) is 4.79 Å². The van der Waals surface area contributed by atoms with Gasteiger partial charge in [0.05, 0.1) is 16.1 Å². The van der Waals surface area contributed by atoms with E-state index < -0.39 is 21.7 Å². The minimum Gasteiger partial charge on any atom is -0.459 e. The summed E-state index contributed by atoms with van der Waals surface area (Å²) in [5.41, 5.74) is -0.0337. The molecule has 1 aromatic heterocycles. The van der Waals surface area contributed by atoms with Crippen LogP contribution >= 0.6 is 0 Å². The van der Waals surface area contributed by atoms with Gasteiger partial charge in [-0.1, -0.05) is 12.1 Å². The van der Waals surface area contributed by atoms with Crippen molar-refractivity contribution < 1.29 is 23.9 Å². The minimum atomic E-state index is -0.750. The van der Waals surface area contributed by atoms with E-state index in [0.29, 0.717) is 5.56 Å². The number of non-ortho nitro benzene ring substituents is 2. The number of rotatable bonds is 7. The molecule has 0 fully saturated rings. The van der Waals surface area contributed by atoms with Crippen molar-refractivity contribution in [3.63, 3.8) is 0 Å². The van der Waals surface area contributed by atoms with Crippen LogP contribution in [0.15, 0.2) is 77.0 Å². The smallest absolute Gasteiger partial charge is 0.291 e. The molecule has 0 aliphatic carbocycles. The summed E-state index contributed by atoms with van der Waals surface area (Å²) in [7, 11) is 0. The average Bonchev–Trinajstić information content (AvgIpc) is 3.29. The van der Waals surface area contributed by atoms with Crippen molar-refractivity contribution in [2.75, 3.05) is 5.32 Å². The zero-order valence-electron chi connectivity index (χ0n) is 15.7. The highest BCUT2D eigenvalue weighted by atomic mass is 16.6. The van der Waals surface area contributed by atoms with Gasteiger partial charge in [-0.2, -0.15) is 0 Å². The van der Waals surface area contributed by atoms with E-state index in [2.05, 4.69) is 10.6 Å². The highest BCUT2D eigenvalue weighted by molar-refractivity contribution is 6.10. The maximum absolute atomic E-state index is 12.8. The van der Waals surface area contributed by atoms with Crippen LogP contribution in [-0.4, -0.2) is 21.7 Å². The van der Waals surface area contributed by atoms with Crippen LogP contribution in [0.4, 0.5) is 17.1 Å². The summed E-state index contributed by atoms with van der Waals surface area (Å²) in [6.45, 7) is 0. The summed E-state index contributed by atoms with van der Waals surface area (Å²) in [6, 6.07) is 13.4. The first kappa shape index (κ1) is 20.9. The third-order valence-electron chi connectivity index (χ3n) is 3.97. The Morgan fingerprint density at radius 3 is 2.23 bits per heavy atom. The summed E-state index contributed by atoms with van der Waals surface area (Å²) in [5, 5.41) is 26.7. The van der Waals surface area contributed by atoms with Crippen LogP contribution in [0.25, 0.3) is 6.08 Å². The number of hydrogen-bond acceptors (Lipinski definition) is 7. The Bertz CT molecular complexity index is 1170. The van der Waals surface area contributed by atoms with Gasteiger partial charge < -0.3 is 15.1 Å². The van der Waals surface area contributed by atoms with Gasteiger partial charge in [0.15, 0.2) is 5.76 Å². The lowest BCUT2D eigenvalue weighted by Gasteiger charge is -2.10. The van der Waals surface area contributed by atoms with Gasteiger partial charge >= 0.3 is 0 Å². The Morgan fingerprint density at radius 1 is 0.903 bits per heavy atom. The molecule has 0 aliphatic rings. The summed E-state index contributed by atoms with van der Waals surface area (Å²) in [5.74, 6) is -1.51. The van der Waals surface area contributed by atoms with Gasteiger partial charge in [0, 0.05) is 30.0 Å². The lowest BCUT2D eigenvalue weighted by Crippen LogP contribution is -2.30. The van der Waals surface area contributed by atoms with Crippen molar-refractivity contribution in [1.29, 1.82) is 0 Å². The summed E-state index contributed by atoms with van der Waals surface area (Å²) in [4.78, 5) is 45.7. The van der Waals surface area contributed by atoms with Gasteiger partial charge in [0.1, 0.15) is 5.70 Å². The second kappa shape index (κ2) is 9.13. The number of benzene rings is 2. The van der Waals surface area contributed by atoms with Crippen molar-refractivity contribution in [2.24, 2.45) is 0 Å². The molecule has 0 saturated carbocycles. The monoisotopic (exact) mass is 422 g/mol. The fraction of sp³-hybridized carbons (Fsp3) is 0. The van der Waals surface area contributed by atoms with Crippen molar-refractivity contribution in [2.45, 2.75) is 0 Å².